The molecule has 0 unspecified atom stereocenters. The van der Waals surface area contributed by atoms with Crippen LogP contribution in [0.5, 0.6) is 5.75 Å². The molecule has 2 aliphatic carbocycles. The van der Waals surface area contributed by atoms with E-state index in [-0.39, 0.29) is 32.7 Å². The van der Waals surface area contributed by atoms with Crippen LogP contribution in [0, 0.1) is 24.2 Å². The van der Waals surface area contributed by atoms with Crippen molar-refractivity contribution >= 4 is 44.5 Å². The maximum absolute atomic E-state index is 14.6. The zero-order valence-electron chi connectivity index (χ0n) is 30.2. The van der Waals surface area contributed by atoms with Gasteiger partial charge < -0.3 is 14.4 Å². The van der Waals surface area contributed by atoms with Crippen molar-refractivity contribution in [2.75, 3.05) is 13.2 Å². The average Bonchev–Trinajstić information content (AvgIpc) is 4.01. The fourth-order valence-corrected chi connectivity index (χ4v) is 9.86. The molecule has 5 aliphatic rings. The molecule has 14 heteroatoms. The van der Waals surface area contributed by atoms with Crippen LogP contribution in [0.4, 0.5) is 8.78 Å². The first-order chi connectivity index (χ1) is 25.2. The summed E-state index contributed by atoms with van der Waals surface area (Å²) in [5.41, 5.74) is 0.229. The van der Waals surface area contributed by atoms with E-state index in [9.17, 15) is 36.4 Å². The number of carbonyl (C=O) groups is 4. The molecule has 1 N–H and O–H groups in total. The fraction of sp³-hybridized carbons (Fsp3) is 0.625. The maximum atomic E-state index is 14.6. The Morgan fingerprint density at radius 2 is 1.87 bits per heavy atom. The highest BCUT2D eigenvalue weighted by atomic mass is 32.2. The Kier molecular flexibility index (Phi) is 11.0. The van der Waals surface area contributed by atoms with Gasteiger partial charge in [0.1, 0.15) is 11.4 Å². The van der Waals surface area contributed by atoms with E-state index in [0.29, 0.717) is 62.8 Å². The molecule has 294 valence electrons. The molecule has 54 heavy (non-hydrogen) atoms. The molecule has 1 saturated heterocycles. The number of alkyl halides is 2. The molecule has 1 aromatic carbocycles. The van der Waals surface area contributed by atoms with E-state index in [1.54, 1.807) is 6.92 Å². The molecule has 3 fully saturated rings. The van der Waals surface area contributed by atoms with Crippen molar-refractivity contribution < 1.29 is 45.9 Å². The van der Waals surface area contributed by atoms with Crippen molar-refractivity contribution in [3.05, 3.63) is 47.7 Å². The number of Topliss-reactive ketones (excluding diaryl/α,β-unsaturated/α-hetero) is 1. The van der Waals surface area contributed by atoms with Gasteiger partial charge >= 0.3 is 5.97 Å². The summed E-state index contributed by atoms with van der Waals surface area (Å²) in [6.07, 6.45) is 5.71. The average molecular weight is 772 g/mol. The molecule has 5 atom stereocenters. The van der Waals surface area contributed by atoms with Gasteiger partial charge in [-0.2, -0.15) is 0 Å². The number of allylic oxidation sites excluding steroid dienone is 2. The van der Waals surface area contributed by atoms with Gasteiger partial charge in [-0.3, -0.25) is 23.9 Å². The number of nitrogens with zero attached hydrogens (tertiary/aromatic N) is 2. The van der Waals surface area contributed by atoms with Gasteiger partial charge in [-0.05, 0) is 77.2 Å². The van der Waals surface area contributed by atoms with Crippen molar-refractivity contribution in [3.63, 3.8) is 0 Å². The standard InChI is InChI=1S/C39H47F2N3O8S.CH4/c1-24-34-28(27-12-8-9-13-29(27)42-24)14-15-38(52-34)20-30-31(45)21-39(36(48)43-53(49,50)37(2)16-17-37)19-26(39)11-7-5-3-4-6-10-25(35(47)44(30)23-38)18-33(46)51-22-32(40)41;/h7-9,11-13,25-26,30,32H,3-6,10,14-23H2,1-2H3,(H,43,48);1H4/b11-7-;/t25-,26-,30+,38-,39-;/m1./s1. The number of fused-ring (bicyclic) bond motifs is 5. The molecule has 1 aromatic heterocycles. The van der Waals surface area contributed by atoms with Crippen LogP contribution in [0.25, 0.3) is 10.9 Å². The number of amides is 2. The minimum atomic E-state index is -3.97. The Hall–Kier alpha value is -3.94. The largest absolute Gasteiger partial charge is 0.483 e. The van der Waals surface area contributed by atoms with E-state index in [1.807, 2.05) is 43.3 Å². The van der Waals surface area contributed by atoms with E-state index in [0.717, 1.165) is 29.3 Å². The number of aryl methyl sites for hydroxylation is 2. The molecule has 2 saturated carbocycles. The minimum absolute atomic E-state index is 0. The van der Waals surface area contributed by atoms with E-state index in [1.165, 1.54) is 4.90 Å². The molecule has 11 nitrogen and oxygen atoms in total. The summed E-state index contributed by atoms with van der Waals surface area (Å²) >= 11 is 0. The number of benzene rings is 1. The lowest BCUT2D eigenvalue weighted by Gasteiger charge is -2.36. The van der Waals surface area contributed by atoms with Crippen LogP contribution in [0.15, 0.2) is 36.4 Å². The predicted molar refractivity (Wildman–Crippen MR) is 197 cm³/mol. The van der Waals surface area contributed by atoms with Crippen LogP contribution in [0.3, 0.4) is 0 Å². The lowest BCUT2D eigenvalue weighted by atomic mass is 9.85. The maximum Gasteiger partial charge on any atom is 0.306 e. The van der Waals surface area contributed by atoms with Gasteiger partial charge in [-0.15, -0.1) is 0 Å². The number of rotatable bonds is 7. The predicted octanol–water partition coefficient (Wildman–Crippen LogP) is 6.14. The van der Waals surface area contributed by atoms with E-state index < -0.39 is 80.8 Å². The summed E-state index contributed by atoms with van der Waals surface area (Å²) < 4.78 is 65.0. The van der Waals surface area contributed by atoms with Gasteiger partial charge in [0.25, 0.3) is 6.43 Å². The van der Waals surface area contributed by atoms with Crippen molar-refractivity contribution in [1.29, 1.82) is 0 Å². The third-order valence-electron chi connectivity index (χ3n) is 12.2. The molecule has 4 heterocycles. The number of esters is 1. The molecule has 0 radical (unpaired) electrons. The second-order valence-corrected chi connectivity index (χ2v) is 18.2. The van der Waals surface area contributed by atoms with Gasteiger partial charge in [0, 0.05) is 29.7 Å². The Morgan fingerprint density at radius 1 is 1.11 bits per heavy atom. The van der Waals surface area contributed by atoms with Crippen LogP contribution in [0.1, 0.15) is 103 Å². The highest BCUT2D eigenvalue weighted by Crippen LogP contribution is 2.58. The summed E-state index contributed by atoms with van der Waals surface area (Å²) in [7, 11) is -3.97. The summed E-state index contributed by atoms with van der Waals surface area (Å²) in [6, 6.07) is 6.74. The summed E-state index contributed by atoms with van der Waals surface area (Å²) in [4.78, 5) is 62.1. The third-order valence-corrected chi connectivity index (χ3v) is 14.3. The Morgan fingerprint density at radius 3 is 2.61 bits per heavy atom. The minimum Gasteiger partial charge on any atom is -0.483 e. The molecule has 2 aromatic rings. The van der Waals surface area contributed by atoms with Crippen LogP contribution in [-0.4, -0.2) is 77.8 Å². The highest BCUT2D eigenvalue weighted by molar-refractivity contribution is 7.91. The lowest BCUT2D eigenvalue weighted by molar-refractivity contribution is -0.153. The molecule has 0 bridgehead atoms. The van der Waals surface area contributed by atoms with Gasteiger partial charge in [0.05, 0.1) is 40.4 Å². The van der Waals surface area contributed by atoms with Crippen LogP contribution in [0.2, 0.25) is 0 Å². The van der Waals surface area contributed by atoms with Crippen LogP contribution < -0.4 is 9.46 Å². The monoisotopic (exact) mass is 771 g/mol. The number of aromatic nitrogens is 1. The fourth-order valence-electron chi connectivity index (χ4n) is 8.53. The normalized spacial score (nSPS) is 29.8. The second kappa shape index (κ2) is 15.0. The van der Waals surface area contributed by atoms with Crippen molar-refractivity contribution in [1.82, 2.24) is 14.6 Å². The first kappa shape index (κ1) is 39.7. The zero-order valence-corrected chi connectivity index (χ0v) is 31.0. The van der Waals surface area contributed by atoms with Crippen LogP contribution >= 0.6 is 0 Å². The number of hydrogen-bond donors (Lipinski definition) is 1. The smallest absolute Gasteiger partial charge is 0.306 e. The van der Waals surface area contributed by atoms with Crippen molar-refractivity contribution in [2.45, 2.75) is 128 Å². The zero-order chi connectivity index (χ0) is 37.8. The Bertz CT molecular complexity index is 1970. The molecule has 1 spiro atoms. The SMILES string of the molecule is C.Cc1nc2ccccc2c2c1O[C@]1(CC2)C[C@H]2C(=O)C[C@]3(C(=O)NS(=O)(=O)C4(C)CC4)C[C@H]3/C=C\CCCCC[C@H](CC(=O)OCC(F)F)C(=O)N2C1. The van der Waals surface area contributed by atoms with Gasteiger partial charge in [-0.1, -0.05) is 50.6 Å². The molecule has 7 rings (SSSR count). The number of halogens is 2. The topological polar surface area (TPSA) is 149 Å². The van der Waals surface area contributed by atoms with E-state index >= 15 is 0 Å². The van der Waals surface area contributed by atoms with Crippen LogP contribution in [-0.2, 0) is 40.4 Å². The summed E-state index contributed by atoms with van der Waals surface area (Å²) in [5, 5.41) is 0.959. The number of para-hydroxylation sites is 1. The number of nitrogens with one attached hydrogen (secondary N) is 1. The number of sulfonamides is 1. The first-order valence-electron chi connectivity index (χ1n) is 18.7. The molecular formula is C40H51F2N3O8S. The van der Waals surface area contributed by atoms with Gasteiger partial charge in [0.2, 0.25) is 21.8 Å². The molecule has 2 amide bonds. The first-order valence-corrected chi connectivity index (χ1v) is 20.2. The van der Waals surface area contributed by atoms with Crippen molar-refractivity contribution in [2.24, 2.45) is 17.3 Å². The van der Waals surface area contributed by atoms with Crippen molar-refractivity contribution in [3.8, 4) is 5.75 Å². The molecular weight excluding hydrogens is 721 g/mol. The van der Waals surface area contributed by atoms with E-state index in [4.69, 9.17) is 14.5 Å². The third kappa shape index (κ3) is 7.64. The highest BCUT2D eigenvalue weighted by Gasteiger charge is 2.63. The summed E-state index contributed by atoms with van der Waals surface area (Å²) in [5.74, 6) is -3.17. The second-order valence-electron chi connectivity index (χ2n) is 16.0. The number of hydrogen-bond acceptors (Lipinski definition) is 9. The quantitative estimate of drug-likeness (QED) is 0.259. The van der Waals surface area contributed by atoms with Gasteiger partial charge in [-0.25, -0.2) is 22.2 Å². The Balaban J connectivity index is 0.00000497. The number of ketones is 1. The Labute approximate surface area is 315 Å². The number of carbonyl (C=O) groups excluding carboxylic acids is 4. The van der Waals surface area contributed by atoms with Gasteiger partial charge in [0.15, 0.2) is 12.4 Å². The summed E-state index contributed by atoms with van der Waals surface area (Å²) in [6.45, 7) is 2.41. The molecule has 3 aliphatic heterocycles. The lowest BCUT2D eigenvalue weighted by Crippen LogP contribution is -2.48. The number of pyridine rings is 1. The number of ether oxygens (including phenoxy) is 2. The van der Waals surface area contributed by atoms with E-state index in [2.05, 4.69) is 4.72 Å².